The molecule has 1 saturated heterocycles. The molecule has 2 unspecified atom stereocenters. The highest BCUT2D eigenvalue weighted by atomic mass is 32.2. The van der Waals surface area contributed by atoms with Crippen LogP contribution >= 0.6 is 0 Å². The molecule has 0 aromatic heterocycles. The van der Waals surface area contributed by atoms with E-state index in [1.54, 1.807) is 43.3 Å². The monoisotopic (exact) mass is 391 g/mol. The van der Waals surface area contributed by atoms with Crippen LogP contribution in [0.4, 0.5) is 9.18 Å². The normalized spacial score (nSPS) is 20.7. The lowest BCUT2D eigenvalue weighted by molar-refractivity contribution is 0.138. The Balaban J connectivity index is 2.10. The zero-order valence-electron chi connectivity index (χ0n) is 15.4. The quantitative estimate of drug-likeness (QED) is 0.808. The Bertz CT molecular complexity index is 917. The third-order valence-corrected chi connectivity index (χ3v) is 6.41. The maximum Gasteiger partial charge on any atom is 0.321 e. The summed E-state index contributed by atoms with van der Waals surface area (Å²) in [4.78, 5) is 15.8. The highest BCUT2D eigenvalue weighted by molar-refractivity contribution is 7.89. The summed E-state index contributed by atoms with van der Waals surface area (Å²) < 4.78 is 41.1. The summed E-state index contributed by atoms with van der Waals surface area (Å²) >= 11 is 0. The molecule has 2 atom stereocenters. The second kappa shape index (κ2) is 7.28. The topological polar surface area (TPSA) is 60.9 Å². The van der Waals surface area contributed by atoms with E-state index >= 15 is 0 Å². The lowest BCUT2D eigenvalue weighted by atomic mass is 10.1. The molecule has 27 heavy (non-hydrogen) atoms. The maximum absolute atomic E-state index is 13.3. The van der Waals surface area contributed by atoms with E-state index in [4.69, 9.17) is 0 Å². The molecule has 0 N–H and O–H groups in total. The van der Waals surface area contributed by atoms with Gasteiger partial charge in [-0.3, -0.25) is 4.90 Å². The van der Waals surface area contributed by atoms with Crippen molar-refractivity contribution in [2.75, 3.05) is 20.6 Å². The molecule has 1 heterocycles. The van der Waals surface area contributed by atoms with Crippen molar-refractivity contribution in [3.63, 3.8) is 0 Å². The van der Waals surface area contributed by atoms with Crippen LogP contribution in [0.3, 0.4) is 0 Å². The maximum atomic E-state index is 13.3. The standard InChI is InChI=1S/C19H22FN3O3S/c1-14-13-22(27(25,26)17-11-9-16(20)10-12-17)18(15-7-5-4-6-8-15)23(14)19(24)21(2)3/h4-12,14,18H,13H2,1-3H3. The van der Waals surface area contributed by atoms with E-state index in [1.165, 1.54) is 21.3 Å². The van der Waals surface area contributed by atoms with Gasteiger partial charge in [-0.25, -0.2) is 17.6 Å². The molecule has 0 bridgehead atoms. The summed E-state index contributed by atoms with van der Waals surface area (Å²) in [6.45, 7) is 1.97. The van der Waals surface area contributed by atoms with E-state index in [1.807, 2.05) is 13.0 Å². The molecule has 2 aromatic carbocycles. The van der Waals surface area contributed by atoms with Crippen molar-refractivity contribution >= 4 is 16.1 Å². The molecule has 2 aromatic rings. The van der Waals surface area contributed by atoms with Crippen LogP contribution in [-0.2, 0) is 10.0 Å². The summed E-state index contributed by atoms with van der Waals surface area (Å²) in [5.74, 6) is -0.507. The Morgan fingerprint density at radius 3 is 2.22 bits per heavy atom. The van der Waals surface area contributed by atoms with E-state index in [0.717, 1.165) is 12.1 Å². The Morgan fingerprint density at radius 1 is 1.07 bits per heavy atom. The van der Waals surface area contributed by atoms with Crippen molar-refractivity contribution < 1.29 is 17.6 Å². The first kappa shape index (κ1) is 19.3. The molecule has 1 aliphatic heterocycles. The number of urea groups is 1. The number of nitrogens with zero attached hydrogens (tertiary/aromatic N) is 3. The number of rotatable bonds is 3. The van der Waals surface area contributed by atoms with Crippen LogP contribution in [0.25, 0.3) is 0 Å². The fourth-order valence-corrected chi connectivity index (χ4v) is 4.92. The first-order chi connectivity index (χ1) is 12.7. The third-order valence-electron chi connectivity index (χ3n) is 4.58. The number of benzene rings is 2. The number of hydrogen-bond donors (Lipinski definition) is 0. The van der Waals surface area contributed by atoms with Crippen LogP contribution in [0.15, 0.2) is 59.5 Å². The van der Waals surface area contributed by atoms with Gasteiger partial charge in [0.2, 0.25) is 10.0 Å². The van der Waals surface area contributed by atoms with E-state index < -0.39 is 22.0 Å². The predicted octanol–water partition coefficient (Wildman–Crippen LogP) is 2.90. The Kier molecular flexibility index (Phi) is 5.21. The van der Waals surface area contributed by atoms with Gasteiger partial charge in [-0.1, -0.05) is 30.3 Å². The van der Waals surface area contributed by atoms with Crippen LogP contribution < -0.4 is 0 Å². The molecule has 0 aliphatic carbocycles. The van der Waals surface area contributed by atoms with Crippen LogP contribution in [0.1, 0.15) is 18.7 Å². The van der Waals surface area contributed by atoms with Crippen molar-refractivity contribution in [3.8, 4) is 0 Å². The van der Waals surface area contributed by atoms with Crippen molar-refractivity contribution in [1.29, 1.82) is 0 Å². The number of sulfonamides is 1. The molecule has 3 rings (SSSR count). The average Bonchev–Trinajstić information content (AvgIpc) is 3.00. The number of amides is 2. The van der Waals surface area contributed by atoms with Crippen molar-refractivity contribution in [3.05, 3.63) is 66.0 Å². The van der Waals surface area contributed by atoms with E-state index in [9.17, 15) is 17.6 Å². The SMILES string of the molecule is CC1CN(S(=O)(=O)c2ccc(F)cc2)C(c2ccccc2)N1C(=O)N(C)C. The molecule has 0 saturated carbocycles. The molecule has 1 aliphatic rings. The van der Waals surface area contributed by atoms with E-state index in [2.05, 4.69) is 0 Å². The number of halogens is 1. The summed E-state index contributed by atoms with van der Waals surface area (Å²) in [5.41, 5.74) is 0.697. The fraction of sp³-hybridized carbons (Fsp3) is 0.316. The predicted molar refractivity (Wildman–Crippen MR) is 99.9 cm³/mol. The largest absolute Gasteiger partial charge is 0.331 e. The smallest absolute Gasteiger partial charge is 0.321 e. The van der Waals surface area contributed by atoms with Gasteiger partial charge in [0, 0.05) is 26.7 Å². The average molecular weight is 391 g/mol. The summed E-state index contributed by atoms with van der Waals surface area (Å²) in [7, 11) is -0.657. The highest BCUT2D eigenvalue weighted by Crippen LogP contribution is 2.38. The van der Waals surface area contributed by atoms with Gasteiger partial charge >= 0.3 is 6.03 Å². The van der Waals surface area contributed by atoms with E-state index in [-0.39, 0.29) is 23.5 Å². The van der Waals surface area contributed by atoms with Gasteiger partial charge in [-0.2, -0.15) is 4.31 Å². The first-order valence-corrected chi connectivity index (χ1v) is 9.99. The van der Waals surface area contributed by atoms with Crippen LogP contribution in [-0.4, -0.2) is 55.2 Å². The van der Waals surface area contributed by atoms with Gasteiger partial charge in [0.15, 0.2) is 0 Å². The van der Waals surface area contributed by atoms with Gasteiger partial charge in [0.25, 0.3) is 0 Å². The molecule has 6 nitrogen and oxygen atoms in total. The van der Waals surface area contributed by atoms with Crippen molar-refractivity contribution in [1.82, 2.24) is 14.1 Å². The number of carbonyl (C=O) groups excluding carboxylic acids is 1. The molecule has 0 spiro atoms. The Labute approximate surface area is 158 Å². The molecule has 144 valence electrons. The zero-order valence-corrected chi connectivity index (χ0v) is 16.2. The van der Waals surface area contributed by atoms with Gasteiger partial charge in [-0.15, -0.1) is 0 Å². The Morgan fingerprint density at radius 2 is 1.67 bits per heavy atom. The molecule has 2 amide bonds. The number of carbonyl (C=O) groups is 1. The van der Waals surface area contributed by atoms with Gasteiger partial charge < -0.3 is 4.90 Å². The van der Waals surface area contributed by atoms with Crippen LogP contribution in [0.2, 0.25) is 0 Å². The lowest BCUT2D eigenvalue weighted by Crippen LogP contribution is -2.44. The van der Waals surface area contributed by atoms with Gasteiger partial charge in [0.1, 0.15) is 12.0 Å². The fourth-order valence-electron chi connectivity index (χ4n) is 3.28. The first-order valence-electron chi connectivity index (χ1n) is 8.55. The highest BCUT2D eigenvalue weighted by Gasteiger charge is 2.47. The van der Waals surface area contributed by atoms with Gasteiger partial charge in [0.05, 0.1) is 4.90 Å². The third kappa shape index (κ3) is 3.54. The molecular weight excluding hydrogens is 369 g/mol. The van der Waals surface area contributed by atoms with E-state index in [0.29, 0.717) is 5.56 Å². The van der Waals surface area contributed by atoms with Crippen molar-refractivity contribution in [2.45, 2.75) is 24.0 Å². The summed E-state index contributed by atoms with van der Waals surface area (Å²) in [6, 6.07) is 13.2. The van der Waals surface area contributed by atoms with Crippen LogP contribution in [0.5, 0.6) is 0 Å². The van der Waals surface area contributed by atoms with Crippen molar-refractivity contribution in [2.24, 2.45) is 0 Å². The molecular formula is C19H22FN3O3S. The zero-order chi connectivity index (χ0) is 19.8. The van der Waals surface area contributed by atoms with Crippen LogP contribution in [0, 0.1) is 5.82 Å². The van der Waals surface area contributed by atoms with Gasteiger partial charge in [-0.05, 0) is 36.8 Å². The second-order valence-electron chi connectivity index (χ2n) is 6.75. The Hall–Kier alpha value is -2.45. The molecule has 8 heteroatoms. The number of hydrogen-bond acceptors (Lipinski definition) is 3. The minimum atomic E-state index is -3.92. The second-order valence-corrected chi connectivity index (χ2v) is 8.64. The summed E-state index contributed by atoms with van der Waals surface area (Å²) in [6.07, 6.45) is -0.772. The molecule has 1 fully saturated rings. The molecule has 0 radical (unpaired) electrons. The minimum Gasteiger partial charge on any atom is -0.331 e. The summed E-state index contributed by atoms with van der Waals surface area (Å²) in [5, 5.41) is 0. The lowest BCUT2D eigenvalue weighted by Gasteiger charge is -2.33. The minimum absolute atomic E-state index is 0.00353.